The molecule has 2 rings (SSSR count). The van der Waals surface area contributed by atoms with Crippen LogP contribution in [0.25, 0.3) is 0 Å². The largest absolute Gasteiger partial charge is 0.497 e. The minimum atomic E-state index is -0.473. The van der Waals surface area contributed by atoms with Gasteiger partial charge >= 0.3 is 5.97 Å². The number of amides is 2. The molecule has 0 atom stereocenters. The molecule has 0 radical (unpaired) electrons. The first-order chi connectivity index (χ1) is 14.0. The summed E-state index contributed by atoms with van der Waals surface area (Å²) in [4.78, 5) is 34.6. The predicted molar refractivity (Wildman–Crippen MR) is 108 cm³/mol. The Kier molecular flexibility index (Phi) is 8.50. The first-order valence-corrected chi connectivity index (χ1v) is 9.06. The number of hydrogen-bond donors (Lipinski definition) is 2. The molecule has 0 bridgehead atoms. The van der Waals surface area contributed by atoms with Crippen LogP contribution in [0.4, 0.5) is 11.4 Å². The maximum Gasteiger partial charge on any atom is 0.306 e. The summed E-state index contributed by atoms with van der Waals surface area (Å²) >= 11 is 0. The Morgan fingerprint density at radius 2 is 1.45 bits per heavy atom. The minimum absolute atomic E-state index is 0.148. The van der Waals surface area contributed by atoms with E-state index in [4.69, 9.17) is 14.2 Å². The smallest absolute Gasteiger partial charge is 0.306 e. The zero-order valence-electron chi connectivity index (χ0n) is 16.4. The number of anilines is 2. The molecule has 0 aliphatic heterocycles. The molecule has 2 amide bonds. The second-order valence-corrected chi connectivity index (χ2v) is 6.09. The van der Waals surface area contributed by atoms with Crippen molar-refractivity contribution in [1.29, 1.82) is 0 Å². The van der Waals surface area contributed by atoms with Crippen LogP contribution in [0.2, 0.25) is 0 Å². The highest BCUT2D eigenvalue weighted by atomic mass is 16.5. The van der Waals surface area contributed by atoms with Gasteiger partial charge in [-0.3, -0.25) is 14.4 Å². The van der Waals surface area contributed by atoms with Crippen LogP contribution in [0.15, 0.2) is 48.5 Å². The van der Waals surface area contributed by atoms with Gasteiger partial charge in [0, 0.05) is 24.7 Å². The van der Waals surface area contributed by atoms with E-state index in [1.54, 1.807) is 55.6 Å². The molecular formula is C21H24N2O6. The van der Waals surface area contributed by atoms with E-state index < -0.39 is 11.9 Å². The molecule has 0 spiro atoms. The maximum atomic E-state index is 11.9. The molecule has 29 heavy (non-hydrogen) atoms. The quantitative estimate of drug-likeness (QED) is 0.469. The Hall–Kier alpha value is -3.55. The molecule has 2 aromatic carbocycles. The highest BCUT2D eigenvalue weighted by Crippen LogP contribution is 2.17. The number of ether oxygens (including phenoxy) is 3. The molecule has 0 aliphatic rings. The van der Waals surface area contributed by atoms with Crippen molar-refractivity contribution in [2.75, 3.05) is 31.0 Å². The summed E-state index contributed by atoms with van der Waals surface area (Å²) in [5.74, 6) is 0.327. The van der Waals surface area contributed by atoms with Crippen LogP contribution in [0.3, 0.4) is 0 Å². The molecular weight excluding hydrogens is 376 g/mol. The number of carbonyl (C=O) groups is 3. The second kappa shape index (κ2) is 11.3. The van der Waals surface area contributed by atoms with Gasteiger partial charge in [0.1, 0.15) is 11.5 Å². The highest BCUT2D eigenvalue weighted by Gasteiger charge is 2.08. The van der Waals surface area contributed by atoms with Gasteiger partial charge in [-0.25, -0.2) is 0 Å². The summed E-state index contributed by atoms with van der Waals surface area (Å²) in [7, 11) is 1.59. The molecule has 154 valence electrons. The molecule has 8 heteroatoms. The lowest BCUT2D eigenvalue weighted by Crippen LogP contribution is -2.21. The molecule has 2 aromatic rings. The Morgan fingerprint density at radius 1 is 0.862 bits per heavy atom. The average molecular weight is 400 g/mol. The van der Waals surface area contributed by atoms with Crippen LogP contribution in [0, 0.1) is 0 Å². The molecule has 8 nitrogen and oxygen atoms in total. The number of hydrogen-bond acceptors (Lipinski definition) is 6. The normalized spacial score (nSPS) is 10.0. The monoisotopic (exact) mass is 400 g/mol. The summed E-state index contributed by atoms with van der Waals surface area (Å²) in [6.45, 7) is 1.40. The van der Waals surface area contributed by atoms with Crippen LogP contribution in [0.5, 0.6) is 11.5 Å². The molecule has 2 N–H and O–H groups in total. The van der Waals surface area contributed by atoms with Crippen molar-refractivity contribution in [3.05, 3.63) is 48.5 Å². The summed E-state index contributed by atoms with van der Waals surface area (Å²) in [5.41, 5.74) is 1.16. The molecule has 0 fully saturated rings. The number of carbonyl (C=O) groups excluding carboxylic acids is 3. The van der Waals surface area contributed by atoms with Crippen LogP contribution in [0.1, 0.15) is 19.8 Å². The van der Waals surface area contributed by atoms with E-state index in [-0.39, 0.29) is 18.9 Å². The molecule has 0 heterocycles. The molecule has 0 saturated carbocycles. The number of esters is 1. The molecule has 0 saturated heterocycles. The lowest BCUT2D eigenvalue weighted by atomic mass is 10.2. The predicted octanol–water partition coefficient (Wildman–Crippen LogP) is 2.99. The average Bonchev–Trinajstić information content (AvgIpc) is 2.71. The van der Waals surface area contributed by atoms with E-state index in [9.17, 15) is 14.4 Å². The van der Waals surface area contributed by atoms with E-state index in [1.807, 2.05) is 0 Å². The Bertz CT molecular complexity index is 818. The summed E-state index contributed by atoms with van der Waals surface area (Å²) < 4.78 is 15.5. The van der Waals surface area contributed by atoms with Gasteiger partial charge in [0.25, 0.3) is 5.91 Å². The number of nitrogens with one attached hydrogen (secondary N) is 2. The Morgan fingerprint density at radius 3 is 2.03 bits per heavy atom. The van der Waals surface area contributed by atoms with E-state index >= 15 is 0 Å². The van der Waals surface area contributed by atoms with Crippen molar-refractivity contribution >= 4 is 29.2 Å². The fourth-order valence-corrected chi connectivity index (χ4v) is 2.33. The van der Waals surface area contributed by atoms with E-state index in [0.717, 1.165) is 5.75 Å². The van der Waals surface area contributed by atoms with Crippen molar-refractivity contribution in [2.45, 2.75) is 19.8 Å². The first-order valence-electron chi connectivity index (χ1n) is 9.06. The third-order valence-corrected chi connectivity index (χ3v) is 3.71. The third kappa shape index (κ3) is 8.34. The van der Waals surface area contributed by atoms with Crippen molar-refractivity contribution in [3.63, 3.8) is 0 Å². The van der Waals surface area contributed by atoms with Gasteiger partial charge < -0.3 is 24.8 Å². The maximum absolute atomic E-state index is 11.9. The zero-order valence-corrected chi connectivity index (χ0v) is 16.4. The number of rotatable bonds is 10. The molecule has 0 aliphatic carbocycles. The van der Waals surface area contributed by atoms with Gasteiger partial charge in [0.05, 0.1) is 13.7 Å². The number of methoxy groups -OCH3 is 1. The van der Waals surface area contributed by atoms with Crippen LogP contribution < -0.4 is 20.1 Å². The van der Waals surface area contributed by atoms with E-state index in [0.29, 0.717) is 30.2 Å². The van der Waals surface area contributed by atoms with Gasteiger partial charge in [0.2, 0.25) is 5.91 Å². The lowest BCUT2D eigenvalue weighted by molar-refractivity contribution is -0.147. The summed E-state index contributed by atoms with van der Waals surface area (Å²) in [6.07, 6.45) is 0.617. The first kappa shape index (κ1) is 21.7. The zero-order chi connectivity index (χ0) is 21.1. The van der Waals surface area contributed by atoms with Crippen molar-refractivity contribution < 1.29 is 28.6 Å². The SMILES string of the molecule is COc1ccc(OCCCC(=O)OCC(=O)Nc2ccc(NC(C)=O)cc2)cc1. The topological polar surface area (TPSA) is 103 Å². The van der Waals surface area contributed by atoms with E-state index in [2.05, 4.69) is 10.6 Å². The van der Waals surface area contributed by atoms with Crippen LogP contribution in [-0.4, -0.2) is 38.1 Å². The lowest BCUT2D eigenvalue weighted by Gasteiger charge is -2.08. The molecule has 0 aromatic heterocycles. The van der Waals surface area contributed by atoms with Gasteiger partial charge in [0.15, 0.2) is 6.61 Å². The third-order valence-electron chi connectivity index (χ3n) is 3.71. The van der Waals surface area contributed by atoms with Gasteiger partial charge in [-0.2, -0.15) is 0 Å². The Labute approximate surface area is 169 Å². The van der Waals surface area contributed by atoms with Gasteiger partial charge in [-0.15, -0.1) is 0 Å². The highest BCUT2D eigenvalue weighted by molar-refractivity contribution is 5.93. The van der Waals surface area contributed by atoms with Crippen LogP contribution in [-0.2, 0) is 19.1 Å². The van der Waals surface area contributed by atoms with Crippen molar-refractivity contribution in [2.24, 2.45) is 0 Å². The van der Waals surface area contributed by atoms with Gasteiger partial charge in [-0.1, -0.05) is 0 Å². The fraction of sp³-hybridized carbons (Fsp3) is 0.286. The van der Waals surface area contributed by atoms with Crippen LogP contribution >= 0.6 is 0 Å². The standard InChI is InChI=1S/C21H24N2O6/c1-15(24)22-16-5-7-17(8-6-16)23-20(25)14-29-21(26)4-3-13-28-19-11-9-18(27-2)10-12-19/h5-12H,3-4,13-14H2,1-2H3,(H,22,24)(H,23,25). The summed E-state index contributed by atoms with van der Waals surface area (Å²) in [6, 6.07) is 13.7. The van der Waals surface area contributed by atoms with Crippen molar-refractivity contribution in [1.82, 2.24) is 0 Å². The Balaban J connectivity index is 1.61. The van der Waals surface area contributed by atoms with Gasteiger partial charge in [-0.05, 0) is 55.0 Å². The van der Waals surface area contributed by atoms with Crippen molar-refractivity contribution in [3.8, 4) is 11.5 Å². The molecule has 0 unspecified atom stereocenters. The number of benzene rings is 2. The minimum Gasteiger partial charge on any atom is -0.497 e. The second-order valence-electron chi connectivity index (χ2n) is 6.09. The summed E-state index contributed by atoms with van der Waals surface area (Å²) in [5, 5.41) is 5.24. The van der Waals surface area contributed by atoms with E-state index in [1.165, 1.54) is 6.92 Å². The fourth-order valence-electron chi connectivity index (χ4n) is 2.33.